The van der Waals surface area contributed by atoms with Crippen LogP contribution in [0.3, 0.4) is 0 Å². The van der Waals surface area contributed by atoms with Gasteiger partial charge in [0, 0.05) is 36.1 Å². The summed E-state index contributed by atoms with van der Waals surface area (Å²) in [5.74, 6) is 0.931. The van der Waals surface area contributed by atoms with Crippen LogP contribution >= 0.6 is 11.3 Å². The van der Waals surface area contributed by atoms with Crippen molar-refractivity contribution in [2.45, 2.75) is 59.4 Å². The van der Waals surface area contributed by atoms with E-state index in [9.17, 15) is 0 Å². The number of rotatable bonds is 8. The number of nitrogens with one attached hydrogen (secondary N) is 1. The maximum atomic E-state index is 5.47. The van der Waals surface area contributed by atoms with E-state index in [1.165, 1.54) is 4.88 Å². The molecule has 0 aliphatic rings. The van der Waals surface area contributed by atoms with Crippen molar-refractivity contribution in [2.75, 3.05) is 0 Å². The summed E-state index contributed by atoms with van der Waals surface area (Å²) in [4.78, 5) is 3.77. The molecule has 0 radical (unpaired) electrons. The Morgan fingerprint density at radius 2 is 2.10 bits per heavy atom. The second kappa shape index (κ2) is 7.73. The molecule has 0 amide bonds. The van der Waals surface area contributed by atoms with Gasteiger partial charge in [-0.05, 0) is 25.3 Å². The largest absolute Gasteiger partial charge is 0.360 e. The summed E-state index contributed by atoms with van der Waals surface area (Å²) in [5, 5.41) is 9.61. The highest BCUT2D eigenvalue weighted by atomic mass is 32.1. The number of thiophene rings is 1. The zero-order valence-electron chi connectivity index (χ0n) is 13.3. The van der Waals surface area contributed by atoms with Crippen molar-refractivity contribution in [3.8, 4) is 0 Å². The number of hydrogen-bond acceptors (Lipinski definition) is 5. The Kier molecular flexibility index (Phi) is 5.96. The van der Waals surface area contributed by atoms with Crippen LogP contribution in [0.25, 0.3) is 0 Å². The van der Waals surface area contributed by atoms with E-state index in [0.29, 0.717) is 12.1 Å². The summed E-state index contributed by atoms with van der Waals surface area (Å²) in [6, 6.07) is 7.26. The average Bonchev–Trinajstić information content (AvgIpc) is 3.07. The summed E-state index contributed by atoms with van der Waals surface area (Å²) in [6.07, 6.45) is 0. The third-order valence-corrected chi connectivity index (χ3v) is 4.19. The molecule has 4 nitrogen and oxygen atoms in total. The molecular formula is C16H25N3OS. The third kappa shape index (κ3) is 5.26. The minimum atomic E-state index is 0.455. The Hall–Kier alpha value is -1.17. The van der Waals surface area contributed by atoms with Crippen LogP contribution in [0.4, 0.5) is 0 Å². The van der Waals surface area contributed by atoms with Crippen molar-refractivity contribution in [2.24, 2.45) is 0 Å². The fraction of sp³-hybridized carbons (Fsp3) is 0.562. The zero-order chi connectivity index (χ0) is 15.2. The molecule has 21 heavy (non-hydrogen) atoms. The summed E-state index contributed by atoms with van der Waals surface area (Å²) in [5.41, 5.74) is 0.971. The highest BCUT2D eigenvalue weighted by Gasteiger charge is 2.14. The van der Waals surface area contributed by atoms with Crippen LogP contribution in [0.15, 0.2) is 28.1 Å². The molecule has 5 heteroatoms. The van der Waals surface area contributed by atoms with Crippen LogP contribution in [0.1, 0.15) is 44.0 Å². The van der Waals surface area contributed by atoms with Crippen LogP contribution in [-0.4, -0.2) is 22.1 Å². The van der Waals surface area contributed by atoms with E-state index in [2.05, 4.69) is 66.6 Å². The quantitative estimate of drug-likeness (QED) is 0.808. The van der Waals surface area contributed by atoms with Gasteiger partial charge in [-0.2, -0.15) is 0 Å². The molecular weight excluding hydrogens is 282 g/mol. The highest BCUT2D eigenvalue weighted by molar-refractivity contribution is 7.09. The Labute approximate surface area is 131 Å². The van der Waals surface area contributed by atoms with Crippen molar-refractivity contribution in [3.63, 3.8) is 0 Å². The number of nitrogens with zero attached hydrogens (tertiary/aromatic N) is 2. The number of aromatic nitrogens is 1. The fourth-order valence-corrected chi connectivity index (χ4v) is 2.78. The molecule has 0 fully saturated rings. The lowest BCUT2D eigenvalue weighted by molar-refractivity contribution is 0.181. The van der Waals surface area contributed by atoms with Gasteiger partial charge in [0.25, 0.3) is 0 Å². The van der Waals surface area contributed by atoms with E-state index in [4.69, 9.17) is 4.52 Å². The lowest BCUT2D eigenvalue weighted by atomic mass is 10.2. The van der Waals surface area contributed by atoms with Gasteiger partial charge in [0.1, 0.15) is 0 Å². The molecule has 0 spiro atoms. The molecule has 0 aliphatic heterocycles. The van der Waals surface area contributed by atoms with Crippen LogP contribution in [0.2, 0.25) is 0 Å². The predicted octanol–water partition coefficient (Wildman–Crippen LogP) is 3.64. The molecule has 0 aliphatic carbocycles. The van der Waals surface area contributed by atoms with Gasteiger partial charge in [-0.1, -0.05) is 25.1 Å². The van der Waals surface area contributed by atoms with Crippen molar-refractivity contribution >= 4 is 11.3 Å². The monoisotopic (exact) mass is 307 g/mol. The predicted molar refractivity (Wildman–Crippen MR) is 87.2 cm³/mol. The van der Waals surface area contributed by atoms with Gasteiger partial charge in [-0.25, -0.2) is 0 Å². The zero-order valence-corrected chi connectivity index (χ0v) is 14.1. The summed E-state index contributed by atoms with van der Waals surface area (Å²) in [7, 11) is 0. The maximum absolute atomic E-state index is 5.47. The molecule has 0 saturated heterocycles. The van der Waals surface area contributed by atoms with E-state index in [1.807, 2.05) is 0 Å². The minimum absolute atomic E-state index is 0.455. The Bertz CT molecular complexity index is 519. The normalized spacial score (nSPS) is 12.0. The van der Waals surface area contributed by atoms with Crippen molar-refractivity contribution in [1.29, 1.82) is 0 Å². The molecule has 0 unspecified atom stereocenters. The Balaban J connectivity index is 1.94. The fourth-order valence-electron chi connectivity index (χ4n) is 2.05. The summed E-state index contributed by atoms with van der Waals surface area (Å²) in [6.45, 7) is 11.2. The van der Waals surface area contributed by atoms with E-state index in [-0.39, 0.29) is 0 Å². The lowest BCUT2D eigenvalue weighted by Crippen LogP contribution is -2.29. The Morgan fingerprint density at radius 3 is 2.71 bits per heavy atom. The molecule has 2 rings (SSSR count). The summed E-state index contributed by atoms with van der Waals surface area (Å²) >= 11 is 1.80. The van der Waals surface area contributed by atoms with Crippen LogP contribution in [-0.2, 0) is 19.6 Å². The van der Waals surface area contributed by atoms with Gasteiger partial charge in [-0.15, -0.1) is 11.3 Å². The van der Waals surface area contributed by atoms with Gasteiger partial charge in [-0.3, -0.25) is 4.90 Å². The highest BCUT2D eigenvalue weighted by Crippen LogP contribution is 2.17. The first-order valence-electron chi connectivity index (χ1n) is 7.49. The first kappa shape index (κ1) is 16.2. The minimum Gasteiger partial charge on any atom is -0.360 e. The van der Waals surface area contributed by atoms with Gasteiger partial charge in [0.15, 0.2) is 5.76 Å². The van der Waals surface area contributed by atoms with Gasteiger partial charge in [0.05, 0.1) is 12.2 Å². The Morgan fingerprint density at radius 1 is 1.29 bits per heavy atom. The molecule has 2 aromatic heterocycles. The second-order valence-electron chi connectivity index (χ2n) is 5.90. The van der Waals surface area contributed by atoms with E-state index < -0.39 is 0 Å². The molecule has 2 aromatic rings. The molecule has 2 heterocycles. The molecule has 1 N–H and O–H groups in total. The maximum Gasteiger partial charge on any atom is 0.151 e. The first-order chi connectivity index (χ1) is 10.0. The van der Waals surface area contributed by atoms with Gasteiger partial charge < -0.3 is 9.84 Å². The lowest BCUT2D eigenvalue weighted by Gasteiger charge is -2.24. The molecule has 0 atom stereocenters. The van der Waals surface area contributed by atoms with Gasteiger partial charge >= 0.3 is 0 Å². The van der Waals surface area contributed by atoms with Crippen molar-refractivity contribution < 1.29 is 4.52 Å². The van der Waals surface area contributed by atoms with Crippen molar-refractivity contribution in [1.82, 2.24) is 15.4 Å². The van der Waals surface area contributed by atoms with Crippen molar-refractivity contribution in [3.05, 3.63) is 39.9 Å². The SMILES string of the molecule is CC(C)NCc1cc(CN(Cc2cccs2)C(C)C)on1. The van der Waals surface area contributed by atoms with Crippen LogP contribution < -0.4 is 5.32 Å². The topological polar surface area (TPSA) is 41.3 Å². The average molecular weight is 307 g/mol. The van der Waals surface area contributed by atoms with E-state index in [1.54, 1.807) is 11.3 Å². The molecule has 0 bridgehead atoms. The molecule has 0 aromatic carbocycles. The third-order valence-electron chi connectivity index (χ3n) is 3.33. The van der Waals surface area contributed by atoms with Crippen LogP contribution in [0, 0.1) is 0 Å². The molecule has 116 valence electrons. The summed E-state index contributed by atoms with van der Waals surface area (Å²) < 4.78 is 5.47. The second-order valence-corrected chi connectivity index (χ2v) is 6.93. The molecule has 0 saturated carbocycles. The standard InChI is InChI=1S/C16H25N3OS/c1-12(2)17-9-14-8-15(20-18-14)10-19(13(3)4)11-16-6-5-7-21-16/h5-8,12-13,17H,9-11H2,1-4H3. The number of hydrogen-bond donors (Lipinski definition) is 1. The van der Waals surface area contributed by atoms with Crippen LogP contribution in [0.5, 0.6) is 0 Å². The van der Waals surface area contributed by atoms with E-state index >= 15 is 0 Å². The van der Waals surface area contributed by atoms with Gasteiger partial charge in [0.2, 0.25) is 0 Å². The first-order valence-corrected chi connectivity index (χ1v) is 8.37. The smallest absolute Gasteiger partial charge is 0.151 e. The van der Waals surface area contributed by atoms with E-state index in [0.717, 1.165) is 31.1 Å².